The number of hydrogen-bond donors (Lipinski definition) is 1. The summed E-state index contributed by atoms with van der Waals surface area (Å²) in [5.41, 5.74) is 8.31. The van der Waals surface area contributed by atoms with E-state index >= 15 is 0 Å². The van der Waals surface area contributed by atoms with Gasteiger partial charge in [0.25, 0.3) is 0 Å². The summed E-state index contributed by atoms with van der Waals surface area (Å²) in [6.45, 7) is 5.77. The zero-order chi connectivity index (χ0) is 19.6. The molecule has 2 bridgehead atoms. The second kappa shape index (κ2) is 8.06. The maximum absolute atomic E-state index is 11.8. The first-order chi connectivity index (χ1) is 13.6. The molecule has 2 aliphatic rings. The highest BCUT2D eigenvalue weighted by Gasteiger charge is 2.53. The van der Waals surface area contributed by atoms with Crippen LogP contribution in [0.3, 0.4) is 0 Å². The third kappa shape index (κ3) is 3.47. The van der Waals surface area contributed by atoms with Gasteiger partial charge in [0.15, 0.2) is 0 Å². The molecule has 4 rings (SSSR count). The van der Waals surface area contributed by atoms with Gasteiger partial charge in [-0.25, -0.2) is 0 Å². The van der Waals surface area contributed by atoms with E-state index in [2.05, 4.69) is 48.2 Å². The fourth-order valence-electron chi connectivity index (χ4n) is 5.44. The fraction of sp³-hybridized carbons (Fsp3) is 0.458. The number of fused-ring (bicyclic) bond motifs is 2. The lowest BCUT2D eigenvalue weighted by Crippen LogP contribution is -2.59. The van der Waals surface area contributed by atoms with E-state index in [4.69, 9.17) is 10.5 Å². The van der Waals surface area contributed by atoms with Crippen LogP contribution in [0.5, 0.6) is 0 Å². The molecular formula is C24H30N2O2. The molecule has 148 valence electrons. The van der Waals surface area contributed by atoms with Crippen molar-refractivity contribution in [2.45, 2.75) is 38.3 Å². The van der Waals surface area contributed by atoms with Gasteiger partial charge in [-0.2, -0.15) is 0 Å². The SMILES string of the molecule is CCOC1(c2cccc(C(N)=O)c2)[C@@H]2CCC[C@H]1CN(Cc1ccccc1)C2. The molecule has 0 radical (unpaired) electrons. The van der Waals surface area contributed by atoms with E-state index in [0.717, 1.165) is 38.0 Å². The highest BCUT2D eigenvalue weighted by atomic mass is 16.5. The quantitative estimate of drug-likeness (QED) is 0.828. The molecule has 1 aliphatic heterocycles. The van der Waals surface area contributed by atoms with Gasteiger partial charge in [0.2, 0.25) is 5.91 Å². The maximum Gasteiger partial charge on any atom is 0.248 e. The maximum atomic E-state index is 11.8. The van der Waals surface area contributed by atoms with Crippen LogP contribution in [-0.2, 0) is 16.9 Å². The van der Waals surface area contributed by atoms with Gasteiger partial charge in [0.1, 0.15) is 5.60 Å². The highest BCUT2D eigenvalue weighted by molar-refractivity contribution is 5.92. The van der Waals surface area contributed by atoms with Gasteiger partial charge >= 0.3 is 0 Å². The molecule has 1 heterocycles. The Balaban J connectivity index is 1.66. The average molecular weight is 379 g/mol. The van der Waals surface area contributed by atoms with Crippen molar-refractivity contribution in [1.82, 2.24) is 4.90 Å². The van der Waals surface area contributed by atoms with Crippen molar-refractivity contribution in [2.75, 3.05) is 19.7 Å². The number of carbonyl (C=O) groups is 1. The Hall–Kier alpha value is -2.17. The van der Waals surface area contributed by atoms with Gasteiger partial charge in [-0.05, 0) is 43.0 Å². The molecule has 1 saturated heterocycles. The number of piperidine rings is 1. The van der Waals surface area contributed by atoms with Crippen molar-refractivity contribution in [2.24, 2.45) is 17.6 Å². The molecule has 2 fully saturated rings. The lowest BCUT2D eigenvalue weighted by Gasteiger charge is -2.56. The van der Waals surface area contributed by atoms with Crippen molar-refractivity contribution in [3.8, 4) is 0 Å². The normalized spacial score (nSPS) is 27.5. The zero-order valence-electron chi connectivity index (χ0n) is 16.6. The number of hydrogen-bond acceptors (Lipinski definition) is 3. The minimum Gasteiger partial charge on any atom is -0.370 e. The van der Waals surface area contributed by atoms with E-state index in [1.165, 1.54) is 12.0 Å². The summed E-state index contributed by atoms with van der Waals surface area (Å²) in [6, 6.07) is 18.5. The number of carbonyl (C=O) groups excluding carboxylic acids is 1. The third-order valence-electron chi connectivity index (χ3n) is 6.51. The topological polar surface area (TPSA) is 55.6 Å². The van der Waals surface area contributed by atoms with E-state index in [1.807, 2.05) is 12.1 Å². The van der Waals surface area contributed by atoms with Gasteiger partial charge in [0.05, 0.1) is 0 Å². The van der Waals surface area contributed by atoms with Gasteiger partial charge < -0.3 is 10.5 Å². The van der Waals surface area contributed by atoms with Crippen molar-refractivity contribution >= 4 is 5.91 Å². The van der Waals surface area contributed by atoms with E-state index in [0.29, 0.717) is 24.0 Å². The van der Waals surface area contributed by atoms with Crippen LogP contribution in [0.2, 0.25) is 0 Å². The molecule has 1 saturated carbocycles. The molecule has 0 spiro atoms. The summed E-state index contributed by atoms with van der Waals surface area (Å²) >= 11 is 0. The first-order valence-electron chi connectivity index (χ1n) is 10.4. The molecule has 0 aromatic heterocycles. The Labute approximate surface area is 167 Å². The van der Waals surface area contributed by atoms with Crippen LogP contribution in [-0.4, -0.2) is 30.5 Å². The van der Waals surface area contributed by atoms with Gasteiger partial charge in [-0.15, -0.1) is 0 Å². The lowest BCUT2D eigenvalue weighted by atomic mass is 9.62. The van der Waals surface area contributed by atoms with E-state index in [1.54, 1.807) is 6.07 Å². The summed E-state index contributed by atoms with van der Waals surface area (Å²) in [5.74, 6) is 0.471. The molecule has 4 nitrogen and oxygen atoms in total. The van der Waals surface area contributed by atoms with Crippen LogP contribution in [0.25, 0.3) is 0 Å². The largest absolute Gasteiger partial charge is 0.370 e. The van der Waals surface area contributed by atoms with Crippen molar-refractivity contribution in [1.29, 1.82) is 0 Å². The number of primary amides is 1. The predicted molar refractivity (Wildman–Crippen MR) is 111 cm³/mol. The number of amides is 1. The fourth-order valence-corrected chi connectivity index (χ4v) is 5.44. The Bertz CT molecular complexity index is 806. The third-order valence-corrected chi connectivity index (χ3v) is 6.51. The summed E-state index contributed by atoms with van der Waals surface area (Å²) in [4.78, 5) is 14.4. The van der Waals surface area contributed by atoms with Crippen LogP contribution >= 0.6 is 0 Å². The van der Waals surface area contributed by atoms with Crippen molar-refractivity contribution < 1.29 is 9.53 Å². The molecule has 1 aliphatic carbocycles. The molecule has 28 heavy (non-hydrogen) atoms. The summed E-state index contributed by atoms with van der Waals surface area (Å²) in [6.07, 6.45) is 3.56. The molecule has 4 heteroatoms. The summed E-state index contributed by atoms with van der Waals surface area (Å²) in [5, 5.41) is 0. The monoisotopic (exact) mass is 378 g/mol. The Kier molecular flexibility index (Phi) is 5.51. The Morgan fingerprint density at radius 1 is 1.11 bits per heavy atom. The first-order valence-corrected chi connectivity index (χ1v) is 10.4. The van der Waals surface area contributed by atoms with Gasteiger partial charge in [-0.3, -0.25) is 9.69 Å². The predicted octanol–water partition coefficient (Wildman–Crippen LogP) is 3.95. The Morgan fingerprint density at radius 2 is 1.82 bits per heavy atom. The van der Waals surface area contributed by atoms with Gasteiger partial charge in [0, 0.05) is 43.6 Å². The first kappa shape index (κ1) is 19.2. The summed E-state index contributed by atoms with van der Waals surface area (Å²) in [7, 11) is 0. The molecule has 1 amide bonds. The molecule has 2 N–H and O–H groups in total. The molecule has 2 aromatic carbocycles. The van der Waals surface area contributed by atoms with Crippen LogP contribution in [0.15, 0.2) is 54.6 Å². The Morgan fingerprint density at radius 3 is 2.46 bits per heavy atom. The van der Waals surface area contributed by atoms with Crippen LogP contribution in [0, 0.1) is 11.8 Å². The van der Waals surface area contributed by atoms with Crippen LogP contribution in [0.4, 0.5) is 0 Å². The lowest BCUT2D eigenvalue weighted by molar-refractivity contribution is -0.184. The number of rotatable bonds is 6. The second-order valence-corrected chi connectivity index (χ2v) is 8.18. The van der Waals surface area contributed by atoms with Crippen LogP contribution in [0.1, 0.15) is 47.7 Å². The number of nitrogens with two attached hydrogens (primary N) is 1. The van der Waals surface area contributed by atoms with Crippen LogP contribution < -0.4 is 5.73 Å². The zero-order valence-corrected chi connectivity index (χ0v) is 16.6. The van der Waals surface area contributed by atoms with Gasteiger partial charge in [-0.1, -0.05) is 48.9 Å². The molecule has 1 unspecified atom stereocenters. The highest BCUT2D eigenvalue weighted by Crippen LogP contribution is 2.52. The van der Waals surface area contributed by atoms with E-state index in [9.17, 15) is 4.79 Å². The average Bonchev–Trinajstić information content (AvgIpc) is 2.69. The van der Waals surface area contributed by atoms with Crippen molar-refractivity contribution in [3.63, 3.8) is 0 Å². The second-order valence-electron chi connectivity index (χ2n) is 8.18. The number of benzene rings is 2. The molecule has 2 aromatic rings. The summed E-state index contributed by atoms with van der Waals surface area (Å²) < 4.78 is 6.58. The minimum absolute atomic E-state index is 0.314. The smallest absolute Gasteiger partial charge is 0.248 e. The molecule has 3 atom stereocenters. The number of ether oxygens (including phenoxy) is 1. The minimum atomic E-state index is -0.375. The number of nitrogens with zero attached hydrogens (tertiary/aromatic N) is 1. The van der Waals surface area contributed by atoms with E-state index in [-0.39, 0.29) is 11.5 Å². The van der Waals surface area contributed by atoms with Crippen molar-refractivity contribution in [3.05, 3.63) is 71.3 Å². The van der Waals surface area contributed by atoms with E-state index < -0.39 is 0 Å². The molecular weight excluding hydrogens is 348 g/mol. The standard InChI is InChI=1S/C24H30N2O2/c1-2-28-24(20-11-6-10-19(14-20)23(25)27)21-12-7-13-22(24)17-26(16-21)15-18-8-4-3-5-9-18/h3-6,8-11,14,21-22H,2,7,12-13,15-17H2,1H3,(H2,25,27)/t21-,22+,24?. The number of likely N-dealkylation sites (tertiary alicyclic amines) is 1.